The molecule has 0 aliphatic heterocycles. The summed E-state index contributed by atoms with van der Waals surface area (Å²) in [7, 11) is 0. The molecule has 1 heteroatoms. The third-order valence-electron chi connectivity index (χ3n) is 8.41. The average Bonchev–Trinajstić information content (AvgIpc) is 3.57. The van der Waals surface area contributed by atoms with Crippen LogP contribution in [0.15, 0.2) is 174 Å². The van der Waals surface area contributed by atoms with E-state index in [0.717, 1.165) is 32.5 Å². The van der Waals surface area contributed by atoms with Crippen LogP contribution in [-0.4, -0.2) is 0 Å². The zero-order valence-corrected chi connectivity index (χ0v) is 23.9. The predicted octanol–water partition coefficient (Wildman–Crippen LogP) is 12.6. The normalized spacial score (nSPS) is 14.4. The summed E-state index contributed by atoms with van der Waals surface area (Å²) in [6, 6.07) is 33.2. The van der Waals surface area contributed by atoms with Crippen molar-refractivity contribution in [3.05, 3.63) is 170 Å². The van der Waals surface area contributed by atoms with Gasteiger partial charge in [-0.05, 0) is 84.7 Å². The van der Waals surface area contributed by atoms with Gasteiger partial charge in [0.05, 0.1) is 12.3 Å². The summed E-state index contributed by atoms with van der Waals surface area (Å²) in [5.41, 5.74) is 4.64. The van der Waals surface area contributed by atoms with Gasteiger partial charge in [-0.15, -0.1) is 0 Å². The Bertz CT molecular complexity index is 2960. The van der Waals surface area contributed by atoms with Gasteiger partial charge in [-0.2, -0.15) is 0 Å². The van der Waals surface area contributed by atoms with Gasteiger partial charge in [0.1, 0.15) is 11.2 Å². The van der Waals surface area contributed by atoms with E-state index in [1.54, 1.807) is 12.1 Å². The fraction of sp³-hybridized carbons (Fsp3) is 0. The molecule has 0 spiro atoms. The third-order valence-corrected chi connectivity index (χ3v) is 8.41. The van der Waals surface area contributed by atoms with Gasteiger partial charge in [-0.3, -0.25) is 0 Å². The number of benzene rings is 8. The van der Waals surface area contributed by atoms with E-state index in [-0.39, 0.29) is 52.9 Å². The fourth-order valence-electron chi connectivity index (χ4n) is 6.47. The first kappa shape index (κ1) is 18.0. The van der Waals surface area contributed by atoms with E-state index in [0.29, 0.717) is 38.8 Å². The first-order valence-corrected chi connectivity index (χ1v) is 14.7. The van der Waals surface area contributed by atoms with Crippen LogP contribution in [0.25, 0.3) is 88.0 Å². The van der Waals surface area contributed by atoms with Crippen LogP contribution in [-0.2, 0) is 0 Å². The van der Waals surface area contributed by atoms with E-state index >= 15 is 0 Å². The molecule has 0 radical (unpaired) electrons. The number of furan rings is 1. The molecule has 0 bridgehead atoms. The third kappa shape index (κ3) is 4.17. The van der Waals surface area contributed by atoms with Crippen molar-refractivity contribution >= 4 is 43.5 Å². The zero-order chi connectivity index (χ0) is 37.6. The highest BCUT2D eigenvalue weighted by molar-refractivity contribution is 6.23. The molecule has 8 aromatic carbocycles. The van der Waals surface area contributed by atoms with Crippen LogP contribution in [0.2, 0.25) is 0 Å². The first-order chi connectivity index (χ1) is 26.1. The van der Waals surface area contributed by atoms with Crippen molar-refractivity contribution in [2.75, 3.05) is 0 Å². The van der Waals surface area contributed by atoms with Crippen molar-refractivity contribution in [3.8, 4) is 44.5 Å². The molecule has 0 saturated heterocycles. The molecule has 0 saturated carbocycles. The van der Waals surface area contributed by atoms with Crippen LogP contribution in [0.4, 0.5) is 0 Å². The number of rotatable bonds is 4. The standard InChI is InChI=1S/C44H28O/c1-3-14-29(15-4-1)31-18-13-19-32(26-31)42-35-21-7-9-23-37(35)43(38-24-10-8-22-36(38)42)33-27-39(30-16-5-2-6-17-30)44-40(28-33)34-20-11-12-25-41(34)45-44/h1-28H/i2D,5D,6D,13D,16D,17D,18D,19D,26D. The van der Waals surface area contributed by atoms with E-state index in [1.807, 2.05) is 103 Å². The van der Waals surface area contributed by atoms with Crippen LogP contribution < -0.4 is 0 Å². The van der Waals surface area contributed by atoms with Crippen molar-refractivity contribution < 1.29 is 16.8 Å². The molecule has 0 N–H and O–H groups in total. The lowest BCUT2D eigenvalue weighted by atomic mass is 9.84. The van der Waals surface area contributed by atoms with Gasteiger partial charge in [-0.1, -0.05) is 145 Å². The lowest BCUT2D eigenvalue weighted by Gasteiger charge is -2.19. The van der Waals surface area contributed by atoms with Gasteiger partial charge in [0, 0.05) is 16.3 Å². The van der Waals surface area contributed by atoms with Gasteiger partial charge in [0.25, 0.3) is 0 Å². The van der Waals surface area contributed by atoms with Crippen LogP contribution in [0, 0.1) is 0 Å². The summed E-state index contributed by atoms with van der Waals surface area (Å²) in [5, 5.41) is 4.54. The minimum Gasteiger partial charge on any atom is -0.455 e. The SMILES string of the molecule is [2H]c1c([2H])c([2H])c(-c2cc(-c3c4ccccc4c(-c4c([2H])c([2H])c([2H])c(-c5ccccc5)c4[2H])c4ccccc34)cc3c2oc2ccccc23)c([2H])c1[2H]. The van der Waals surface area contributed by atoms with Crippen molar-refractivity contribution in [2.24, 2.45) is 0 Å². The molecule has 9 rings (SSSR count). The Kier molecular flexibility index (Phi) is 4.15. The highest BCUT2D eigenvalue weighted by Gasteiger charge is 2.20. The van der Waals surface area contributed by atoms with Crippen molar-refractivity contribution in [2.45, 2.75) is 0 Å². The van der Waals surface area contributed by atoms with Crippen LogP contribution in [0.1, 0.15) is 12.3 Å². The molecule has 0 amide bonds. The molecule has 0 aliphatic rings. The number of para-hydroxylation sites is 1. The maximum absolute atomic E-state index is 9.52. The molecule has 210 valence electrons. The van der Waals surface area contributed by atoms with Crippen LogP contribution >= 0.6 is 0 Å². The number of fused-ring (bicyclic) bond motifs is 5. The molecule has 0 atom stereocenters. The van der Waals surface area contributed by atoms with E-state index < -0.39 is 18.1 Å². The monoisotopic (exact) mass is 581 g/mol. The Morgan fingerprint density at radius 1 is 0.400 bits per heavy atom. The highest BCUT2D eigenvalue weighted by atomic mass is 16.3. The summed E-state index contributed by atoms with van der Waals surface area (Å²) < 4.78 is 85.8. The maximum Gasteiger partial charge on any atom is 0.143 e. The molecule has 0 unspecified atom stereocenters. The molecule has 45 heavy (non-hydrogen) atoms. The lowest BCUT2D eigenvalue weighted by Crippen LogP contribution is -1.92. The van der Waals surface area contributed by atoms with Crippen LogP contribution in [0.5, 0.6) is 0 Å². The Balaban J connectivity index is 1.44. The van der Waals surface area contributed by atoms with E-state index in [1.165, 1.54) is 0 Å². The predicted molar refractivity (Wildman–Crippen MR) is 190 cm³/mol. The second-order valence-corrected chi connectivity index (χ2v) is 11.0. The van der Waals surface area contributed by atoms with Crippen molar-refractivity contribution in [1.82, 2.24) is 0 Å². The second-order valence-electron chi connectivity index (χ2n) is 11.0. The van der Waals surface area contributed by atoms with E-state index in [2.05, 4.69) is 0 Å². The number of hydrogen-bond acceptors (Lipinski definition) is 1. The Morgan fingerprint density at radius 3 is 1.64 bits per heavy atom. The lowest BCUT2D eigenvalue weighted by molar-refractivity contribution is 0.670. The van der Waals surface area contributed by atoms with Gasteiger partial charge in [0.15, 0.2) is 0 Å². The average molecular weight is 582 g/mol. The summed E-state index contributed by atoms with van der Waals surface area (Å²) >= 11 is 0. The second kappa shape index (κ2) is 10.4. The summed E-state index contributed by atoms with van der Waals surface area (Å²) in [4.78, 5) is 0. The molecule has 1 aromatic heterocycles. The fourth-order valence-corrected chi connectivity index (χ4v) is 6.47. The van der Waals surface area contributed by atoms with Crippen LogP contribution in [0.3, 0.4) is 0 Å². The molecule has 9 aromatic rings. The quantitative estimate of drug-likeness (QED) is 0.188. The zero-order valence-electron chi connectivity index (χ0n) is 32.9. The first-order valence-electron chi connectivity index (χ1n) is 19.2. The van der Waals surface area contributed by atoms with E-state index in [9.17, 15) is 2.74 Å². The van der Waals surface area contributed by atoms with E-state index in [4.69, 9.17) is 14.0 Å². The minimum atomic E-state index is -0.481. The summed E-state index contributed by atoms with van der Waals surface area (Å²) in [5.74, 6) is 0. The highest BCUT2D eigenvalue weighted by Crippen LogP contribution is 2.47. The summed E-state index contributed by atoms with van der Waals surface area (Å²) in [6.45, 7) is 0. The van der Waals surface area contributed by atoms with Crippen molar-refractivity contribution in [1.29, 1.82) is 0 Å². The van der Waals surface area contributed by atoms with Crippen molar-refractivity contribution in [3.63, 3.8) is 0 Å². The number of hydrogen-bond donors (Lipinski definition) is 0. The largest absolute Gasteiger partial charge is 0.455 e. The Labute approximate surface area is 274 Å². The molecule has 0 aliphatic carbocycles. The summed E-state index contributed by atoms with van der Waals surface area (Å²) in [6.07, 6.45) is 0. The molecular weight excluding hydrogens is 544 g/mol. The topological polar surface area (TPSA) is 13.1 Å². The maximum atomic E-state index is 9.52. The molecule has 0 fully saturated rings. The Hall–Kier alpha value is -5.92. The molecular formula is C44H28O. The van der Waals surface area contributed by atoms with Gasteiger partial charge in [-0.25, -0.2) is 0 Å². The molecule has 1 nitrogen and oxygen atoms in total. The minimum absolute atomic E-state index is 0.00924. The van der Waals surface area contributed by atoms with Gasteiger partial charge >= 0.3 is 0 Å². The smallest absolute Gasteiger partial charge is 0.143 e. The van der Waals surface area contributed by atoms with Gasteiger partial charge < -0.3 is 4.42 Å². The Morgan fingerprint density at radius 2 is 0.956 bits per heavy atom. The van der Waals surface area contributed by atoms with Gasteiger partial charge in [0.2, 0.25) is 0 Å². The molecule has 1 heterocycles.